The first-order valence-electron chi connectivity index (χ1n) is 4.76. The summed E-state index contributed by atoms with van der Waals surface area (Å²) in [5.74, 6) is 2.40. The van der Waals surface area contributed by atoms with Crippen LogP contribution in [0.4, 0.5) is 0 Å². The van der Waals surface area contributed by atoms with Crippen molar-refractivity contribution in [3.05, 3.63) is 0 Å². The van der Waals surface area contributed by atoms with Crippen LogP contribution in [0.5, 0.6) is 0 Å². The lowest BCUT2D eigenvalue weighted by Gasteiger charge is -2.32. The molecule has 0 aromatic carbocycles. The maximum absolute atomic E-state index is 5.69. The van der Waals surface area contributed by atoms with Crippen molar-refractivity contribution in [3.63, 3.8) is 0 Å². The number of hydrogen-bond donors (Lipinski definition) is 0. The third-order valence-electron chi connectivity index (χ3n) is 2.74. The molecule has 0 aromatic heterocycles. The van der Waals surface area contributed by atoms with Crippen molar-refractivity contribution in [3.8, 4) is 12.3 Å². The molecule has 1 heterocycles. The standard InChI is InChI=1S/C10H17BO3/c1-6-7-12-8-11-13-9(2,3)10(4,5)14-11/h1H,7-8H2,2-5H3. The molecule has 1 rings (SSSR count). The topological polar surface area (TPSA) is 27.7 Å². The van der Waals surface area contributed by atoms with E-state index in [1.54, 1.807) is 0 Å². The molecule has 0 atom stereocenters. The molecule has 0 N–H and O–H groups in total. The third kappa shape index (κ3) is 2.30. The Morgan fingerprint density at radius 1 is 1.21 bits per heavy atom. The van der Waals surface area contributed by atoms with Gasteiger partial charge in [-0.3, -0.25) is 0 Å². The summed E-state index contributed by atoms with van der Waals surface area (Å²) in [5, 5.41) is 0. The van der Waals surface area contributed by atoms with Crippen molar-refractivity contribution in [2.75, 3.05) is 13.1 Å². The SMILES string of the molecule is C#CCOCB1OC(C)(C)C(C)(C)O1. The van der Waals surface area contributed by atoms with Crippen LogP contribution >= 0.6 is 0 Å². The van der Waals surface area contributed by atoms with E-state index in [1.165, 1.54) is 0 Å². The van der Waals surface area contributed by atoms with E-state index in [1.807, 2.05) is 27.7 Å². The molecule has 0 aromatic rings. The van der Waals surface area contributed by atoms with Gasteiger partial charge in [-0.2, -0.15) is 0 Å². The fourth-order valence-corrected chi connectivity index (χ4v) is 1.25. The highest BCUT2D eigenvalue weighted by Crippen LogP contribution is 2.36. The van der Waals surface area contributed by atoms with Crippen molar-refractivity contribution in [2.24, 2.45) is 0 Å². The average molecular weight is 196 g/mol. The molecule has 0 unspecified atom stereocenters. The van der Waals surface area contributed by atoms with E-state index in [2.05, 4.69) is 5.92 Å². The fourth-order valence-electron chi connectivity index (χ4n) is 1.25. The van der Waals surface area contributed by atoms with E-state index < -0.39 is 0 Å². The predicted octanol–water partition coefficient (Wildman–Crippen LogP) is 1.27. The second-order valence-electron chi connectivity index (χ2n) is 4.41. The molecule has 0 bridgehead atoms. The number of terminal acetylenes is 1. The Labute approximate surface area is 86.3 Å². The number of hydrogen-bond acceptors (Lipinski definition) is 3. The lowest BCUT2D eigenvalue weighted by molar-refractivity contribution is 0.00578. The molecule has 1 aliphatic heterocycles. The molecular formula is C10H17BO3. The van der Waals surface area contributed by atoms with Crippen molar-refractivity contribution in [1.82, 2.24) is 0 Å². The Hall–Kier alpha value is -0.495. The Morgan fingerprint density at radius 2 is 1.71 bits per heavy atom. The van der Waals surface area contributed by atoms with E-state index in [0.717, 1.165) is 0 Å². The van der Waals surface area contributed by atoms with Crippen LogP contribution in [-0.2, 0) is 14.0 Å². The minimum Gasteiger partial charge on any atom is -0.402 e. The molecular weight excluding hydrogens is 179 g/mol. The highest BCUT2D eigenvalue weighted by Gasteiger charge is 2.50. The van der Waals surface area contributed by atoms with Gasteiger partial charge in [0, 0.05) is 0 Å². The van der Waals surface area contributed by atoms with Gasteiger partial charge in [0.25, 0.3) is 0 Å². The minimum atomic E-state index is -0.312. The van der Waals surface area contributed by atoms with Gasteiger partial charge in [0.15, 0.2) is 0 Å². The maximum Gasteiger partial charge on any atom is 0.485 e. The van der Waals surface area contributed by atoms with Gasteiger partial charge in [0.1, 0.15) is 6.61 Å². The smallest absolute Gasteiger partial charge is 0.402 e. The largest absolute Gasteiger partial charge is 0.485 e. The normalized spacial score (nSPS) is 23.5. The first-order chi connectivity index (χ1) is 6.39. The van der Waals surface area contributed by atoms with E-state index in [9.17, 15) is 0 Å². The first kappa shape index (κ1) is 11.6. The monoisotopic (exact) mass is 196 g/mol. The Bertz CT molecular complexity index is 226. The summed E-state index contributed by atoms with van der Waals surface area (Å²) in [5.41, 5.74) is -0.589. The van der Waals surface area contributed by atoms with Crippen molar-refractivity contribution in [2.45, 2.75) is 38.9 Å². The molecule has 0 radical (unpaired) electrons. The van der Waals surface area contributed by atoms with Crippen molar-refractivity contribution < 1.29 is 14.0 Å². The van der Waals surface area contributed by atoms with E-state index in [4.69, 9.17) is 20.5 Å². The van der Waals surface area contributed by atoms with Crippen LogP contribution in [0.2, 0.25) is 0 Å². The quantitative estimate of drug-likeness (QED) is 0.386. The summed E-state index contributed by atoms with van der Waals surface area (Å²) in [4.78, 5) is 0. The Kier molecular flexibility index (Phi) is 3.26. The zero-order valence-corrected chi connectivity index (χ0v) is 9.29. The molecule has 1 aliphatic rings. The van der Waals surface area contributed by atoms with Gasteiger partial charge in [0.2, 0.25) is 0 Å². The third-order valence-corrected chi connectivity index (χ3v) is 2.74. The van der Waals surface area contributed by atoms with Crippen molar-refractivity contribution >= 4 is 7.12 Å². The average Bonchev–Trinajstić information content (AvgIpc) is 2.21. The summed E-state index contributed by atoms with van der Waals surface area (Å²) in [6.07, 6.45) is 5.06. The summed E-state index contributed by atoms with van der Waals surface area (Å²) in [7, 11) is -0.312. The predicted molar refractivity (Wildman–Crippen MR) is 55.7 cm³/mol. The molecule has 1 saturated heterocycles. The van der Waals surface area contributed by atoms with Gasteiger partial charge in [-0.25, -0.2) is 0 Å². The fraction of sp³-hybridized carbons (Fsp3) is 0.800. The zero-order chi connectivity index (χ0) is 10.8. The highest BCUT2D eigenvalue weighted by molar-refractivity contribution is 6.45. The van der Waals surface area contributed by atoms with Crippen molar-refractivity contribution in [1.29, 1.82) is 0 Å². The summed E-state index contributed by atoms with van der Waals surface area (Å²) in [6, 6.07) is 0. The second-order valence-corrected chi connectivity index (χ2v) is 4.41. The molecule has 0 amide bonds. The Balaban J connectivity index is 2.44. The number of rotatable bonds is 3. The minimum absolute atomic E-state index is 0.294. The van der Waals surface area contributed by atoms with Crippen LogP contribution < -0.4 is 0 Å². The van der Waals surface area contributed by atoms with Crippen LogP contribution in [-0.4, -0.2) is 31.4 Å². The van der Waals surface area contributed by atoms with E-state index in [0.29, 0.717) is 13.1 Å². The molecule has 1 fully saturated rings. The van der Waals surface area contributed by atoms with Crippen LogP contribution in [0.1, 0.15) is 27.7 Å². The van der Waals surface area contributed by atoms with Crippen LogP contribution in [0.3, 0.4) is 0 Å². The summed E-state index contributed by atoms with van der Waals surface area (Å²) >= 11 is 0. The lowest BCUT2D eigenvalue weighted by atomic mass is 9.90. The zero-order valence-electron chi connectivity index (χ0n) is 9.29. The first-order valence-corrected chi connectivity index (χ1v) is 4.76. The van der Waals surface area contributed by atoms with Gasteiger partial charge in [0.05, 0.1) is 17.7 Å². The van der Waals surface area contributed by atoms with Crippen LogP contribution in [0, 0.1) is 12.3 Å². The summed E-state index contributed by atoms with van der Waals surface area (Å²) < 4.78 is 16.6. The molecule has 78 valence electrons. The van der Waals surface area contributed by atoms with E-state index in [-0.39, 0.29) is 18.3 Å². The highest BCUT2D eigenvalue weighted by atomic mass is 16.7. The van der Waals surface area contributed by atoms with Gasteiger partial charge in [-0.05, 0) is 27.7 Å². The molecule has 14 heavy (non-hydrogen) atoms. The molecule has 0 spiro atoms. The van der Waals surface area contributed by atoms with Gasteiger partial charge >= 0.3 is 7.12 Å². The van der Waals surface area contributed by atoms with Crippen LogP contribution in [0.15, 0.2) is 0 Å². The van der Waals surface area contributed by atoms with Crippen LogP contribution in [0.25, 0.3) is 0 Å². The molecule has 3 nitrogen and oxygen atoms in total. The molecule has 0 saturated carbocycles. The summed E-state index contributed by atoms with van der Waals surface area (Å²) in [6.45, 7) is 8.71. The molecule has 4 heteroatoms. The lowest BCUT2D eigenvalue weighted by Crippen LogP contribution is -2.41. The van der Waals surface area contributed by atoms with Gasteiger partial charge < -0.3 is 14.0 Å². The number of ether oxygens (including phenoxy) is 1. The van der Waals surface area contributed by atoms with Gasteiger partial charge in [-0.1, -0.05) is 5.92 Å². The van der Waals surface area contributed by atoms with E-state index >= 15 is 0 Å². The maximum atomic E-state index is 5.69. The van der Waals surface area contributed by atoms with Gasteiger partial charge in [-0.15, -0.1) is 6.42 Å². The Morgan fingerprint density at radius 3 is 2.14 bits per heavy atom. The second kappa shape index (κ2) is 3.94. The molecule has 0 aliphatic carbocycles.